The van der Waals surface area contributed by atoms with Crippen molar-refractivity contribution in [1.82, 2.24) is 0 Å². The lowest BCUT2D eigenvalue weighted by atomic mass is 9.87. The third kappa shape index (κ3) is 6.73. The van der Waals surface area contributed by atoms with E-state index >= 15 is 0 Å². The zero-order valence-electron chi connectivity index (χ0n) is 12.1. The van der Waals surface area contributed by atoms with Crippen LogP contribution in [0.5, 0.6) is 0 Å². The van der Waals surface area contributed by atoms with Gasteiger partial charge in [-0.05, 0) is 18.8 Å². The second-order valence-corrected chi connectivity index (χ2v) is 5.70. The van der Waals surface area contributed by atoms with Crippen molar-refractivity contribution in [2.24, 2.45) is 5.92 Å². The van der Waals surface area contributed by atoms with E-state index < -0.39 is 11.9 Å². The molecular weight excluding hydrogens is 256 g/mol. The molecule has 4 heteroatoms. The Hall–Kier alpha value is -1.32. The summed E-state index contributed by atoms with van der Waals surface area (Å²) >= 11 is 0. The smallest absolute Gasteiger partial charge is 0.332 e. The fraction of sp³-hybridized carbons (Fsp3) is 0.750. The van der Waals surface area contributed by atoms with E-state index in [0.717, 1.165) is 44.6 Å². The van der Waals surface area contributed by atoms with Crippen LogP contribution in [0.2, 0.25) is 0 Å². The molecule has 0 aromatic heterocycles. The summed E-state index contributed by atoms with van der Waals surface area (Å²) in [7, 11) is 0. The molecule has 20 heavy (non-hydrogen) atoms. The van der Waals surface area contributed by atoms with Crippen LogP contribution >= 0.6 is 0 Å². The van der Waals surface area contributed by atoms with Crippen molar-refractivity contribution in [3.8, 4) is 0 Å². The highest BCUT2D eigenvalue weighted by atomic mass is 16.4. The quantitative estimate of drug-likeness (QED) is 0.767. The van der Waals surface area contributed by atoms with Crippen LogP contribution in [-0.4, -0.2) is 22.2 Å². The fourth-order valence-corrected chi connectivity index (χ4v) is 2.96. The minimum atomic E-state index is -1.16. The Bertz CT molecular complexity index is 334. The lowest BCUT2D eigenvalue weighted by Gasteiger charge is -2.18. The van der Waals surface area contributed by atoms with Crippen LogP contribution in [0.3, 0.4) is 0 Å². The van der Waals surface area contributed by atoms with Crippen molar-refractivity contribution in [2.45, 2.75) is 70.6 Å². The molecule has 1 aliphatic rings. The molecule has 2 N–H and O–H groups in total. The summed E-state index contributed by atoms with van der Waals surface area (Å²) in [5.41, 5.74) is 0.0783. The van der Waals surface area contributed by atoms with Crippen molar-refractivity contribution >= 4 is 11.9 Å². The standard InChI is InChI=1S/C16H26O4/c17-15(18)12-14(16(19)20)13-10-8-6-4-2-1-3-5-7-9-11-13/h12-13H,1-11H2,(H,17,18)(H,19,20)/b14-12-. The van der Waals surface area contributed by atoms with Gasteiger partial charge in [0.25, 0.3) is 0 Å². The normalized spacial score (nSPS) is 20.7. The van der Waals surface area contributed by atoms with Crippen LogP contribution in [0.4, 0.5) is 0 Å². The molecule has 114 valence electrons. The first-order valence-corrected chi connectivity index (χ1v) is 7.79. The first-order chi connectivity index (χ1) is 9.61. The Labute approximate surface area is 120 Å². The van der Waals surface area contributed by atoms with Crippen LogP contribution in [0.1, 0.15) is 70.6 Å². The number of hydrogen-bond donors (Lipinski definition) is 2. The van der Waals surface area contributed by atoms with Gasteiger partial charge in [-0.3, -0.25) is 0 Å². The van der Waals surface area contributed by atoms with Crippen molar-refractivity contribution in [2.75, 3.05) is 0 Å². The van der Waals surface area contributed by atoms with E-state index in [2.05, 4.69) is 0 Å². The molecule has 0 heterocycles. The first kappa shape index (κ1) is 16.7. The summed E-state index contributed by atoms with van der Waals surface area (Å²) in [6, 6.07) is 0. The Balaban J connectivity index is 2.68. The van der Waals surface area contributed by atoms with E-state index in [0.29, 0.717) is 0 Å². The van der Waals surface area contributed by atoms with E-state index in [-0.39, 0.29) is 11.5 Å². The molecule has 0 bridgehead atoms. The summed E-state index contributed by atoms with van der Waals surface area (Å²) in [5, 5.41) is 18.1. The van der Waals surface area contributed by atoms with Gasteiger partial charge < -0.3 is 10.2 Å². The maximum absolute atomic E-state index is 11.3. The van der Waals surface area contributed by atoms with Gasteiger partial charge in [0.15, 0.2) is 0 Å². The highest BCUT2D eigenvalue weighted by molar-refractivity contribution is 5.95. The number of aliphatic carboxylic acids is 2. The summed E-state index contributed by atoms with van der Waals surface area (Å²) in [5.74, 6) is -2.35. The van der Waals surface area contributed by atoms with Crippen molar-refractivity contribution in [3.63, 3.8) is 0 Å². The Kier molecular flexibility index (Phi) is 8.00. The molecule has 1 aliphatic carbocycles. The fourth-order valence-electron chi connectivity index (χ4n) is 2.96. The van der Waals surface area contributed by atoms with Crippen molar-refractivity contribution in [1.29, 1.82) is 0 Å². The second kappa shape index (κ2) is 9.56. The highest BCUT2D eigenvalue weighted by Gasteiger charge is 2.21. The highest BCUT2D eigenvalue weighted by Crippen LogP contribution is 2.27. The number of hydrogen-bond acceptors (Lipinski definition) is 2. The lowest BCUT2D eigenvalue weighted by molar-refractivity contribution is -0.135. The van der Waals surface area contributed by atoms with Gasteiger partial charge in [0.1, 0.15) is 0 Å². The van der Waals surface area contributed by atoms with E-state index in [1.54, 1.807) is 0 Å². The molecule has 0 amide bonds. The molecule has 0 spiro atoms. The van der Waals surface area contributed by atoms with Crippen LogP contribution < -0.4 is 0 Å². The van der Waals surface area contributed by atoms with Crippen LogP contribution in [0.15, 0.2) is 11.6 Å². The van der Waals surface area contributed by atoms with Crippen molar-refractivity contribution < 1.29 is 19.8 Å². The lowest BCUT2D eigenvalue weighted by Crippen LogP contribution is -2.15. The second-order valence-electron chi connectivity index (χ2n) is 5.70. The van der Waals surface area contributed by atoms with Gasteiger partial charge in [0.2, 0.25) is 0 Å². The molecular formula is C16H26O4. The van der Waals surface area contributed by atoms with Crippen LogP contribution in [0.25, 0.3) is 0 Å². The van der Waals surface area contributed by atoms with Gasteiger partial charge in [-0.1, -0.05) is 57.8 Å². The zero-order valence-corrected chi connectivity index (χ0v) is 12.1. The first-order valence-electron chi connectivity index (χ1n) is 7.79. The summed E-state index contributed by atoms with van der Waals surface area (Å²) < 4.78 is 0. The Morgan fingerprint density at radius 3 is 1.50 bits per heavy atom. The van der Waals surface area contributed by atoms with Gasteiger partial charge >= 0.3 is 11.9 Å². The minimum absolute atomic E-state index is 0.0783. The third-order valence-corrected chi connectivity index (χ3v) is 4.07. The van der Waals surface area contributed by atoms with Gasteiger partial charge in [0, 0.05) is 11.6 Å². The molecule has 0 atom stereocenters. The summed E-state index contributed by atoms with van der Waals surface area (Å²) in [6.07, 6.45) is 13.0. The molecule has 1 saturated carbocycles. The molecule has 0 saturated heterocycles. The molecule has 1 fully saturated rings. The number of rotatable bonds is 3. The SMILES string of the molecule is O=C(O)/C=C(\C(=O)O)C1CCCCCCCCCCC1. The average Bonchev–Trinajstić information content (AvgIpc) is 2.36. The van der Waals surface area contributed by atoms with Gasteiger partial charge in [-0.2, -0.15) is 0 Å². The number of carboxylic acid groups (broad SMARTS) is 2. The van der Waals surface area contributed by atoms with E-state index in [1.165, 1.54) is 32.1 Å². The molecule has 0 unspecified atom stereocenters. The van der Waals surface area contributed by atoms with Crippen molar-refractivity contribution in [3.05, 3.63) is 11.6 Å². The zero-order chi connectivity index (χ0) is 14.8. The van der Waals surface area contributed by atoms with Gasteiger partial charge in [-0.25, -0.2) is 9.59 Å². The molecule has 0 radical (unpaired) electrons. The summed E-state index contributed by atoms with van der Waals surface area (Å²) in [4.78, 5) is 22.1. The predicted molar refractivity (Wildman–Crippen MR) is 77.6 cm³/mol. The Morgan fingerprint density at radius 1 is 0.750 bits per heavy atom. The van der Waals surface area contributed by atoms with E-state index in [4.69, 9.17) is 5.11 Å². The van der Waals surface area contributed by atoms with E-state index in [1.807, 2.05) is 0 Å². The predicted octanol–water partition coefficient (Wildman–Crippen LogP) is 4.00. The molecule has 0 aromatic rings. The third-order valence-electron chi connectivity index (χ3n) is 4.07. The van der Waals surface area contributed by atoms with Crippen LogP contribution in [0, 0.1) is 5.92 Å². The van der Waals surface area contributed by atoms with Crippen LogP contribution in [-0.2, 0) is 9.59 Å². The molecule has 1 rings (SSSR count). The van der Waals surface area contributed by atoms with E-state index in [9.17, 15) is 14.7 Å². The van der Waals surface area contributed by atoms with Gasteiger partial charge in [0.05, 0.1) is 0 Å². The molecule has 4 nitrogen and oxygen atoms in total. The largest absolute Gasteiger partial charge is 0.478 e. The minimum Gasteiger partial charge on any atom is -0.478 e. The molecule has 0 aromatic carbocycles. The monoisotopic (exact) mass is 282 g/mol. The number of carboxylic acids is 2. The molecule has 0 aliphatic heterocycles. The average molecular weight is 282 g/mol. The maximum Gasteiger partial charge on any atom is 0.332 e. The Morgan fingerprint density at radius 2 is 1.15 bits per heavy atom. The van der Waals surface area contributed by atoms with Gasteiger partial charge in [-0.15, -0.1) is 0 Å². The maximum atomic E-state index is 11.3. The number of carbonyl (C=O) groups is 2. The topological polar surface area (TPSA) is 74.6 Å². The summed E-state index contributed by atoms with van der Waals surface area (Å²) in [6.45, 7) is 0.